The summed E-state index contributed by atoms with van der Waals surface area (Å²) in [7, 11) is 0. The Kier molecular flexibility index (Phi) is 6.46. The number of carboxylic acids is 1. The van der Waals surface area contributed by atoms with Crippen LogP contribution in [0.25, 0.3) is 0 Å². The van der Waals surface area contributed by atoms with E-state index in [0.717, 1.165) is 55.6 Å². The molecule has 1 saturated heterocycles. The Morgan fingerprint density at radius 1 is 0.970 bits per heavy atom. The second-order valence-electron chi connectivity index (χ2n) is 9.02. The molecule has 1 saturated carbocycles. The first-order valence-corrected chi connectivity index (χ1v) is 11.8. The lowest BCUT2D eigenvalue weighted by Crippen LogP contribution is -2.42. The molecule has 1 aliphatic carbocycles. The molecular weight excluding hydrogens is 416 g/mol. The van der Waals surface area contributed by atoms with Crippen LogP contribution in [0.1, 0.15) is 59.0 Å². The highest BCUT2D eigenvalue weighted by atomic mass is 16.4. The average molecular weight is 447 g/mol. The standard InChI is InChI=1S/C25H30N6O2/c32-25(33)21-12-10-20(11-13-21)23(30-15-5-14-29(16-17-30)22-8-4-9-22)24-26-27-28-31(24)18-19-6-2-1-3-7-19/h1-3,6-7,10-13,22-23H,4-5,8-9,14-18H2,(H,32,33). The Hall–Kier alpha value is -3.10. The monoisotopic (exact) mass is 446 g/mol. The first-order valence-electron chi connectivity index (χ1n) is 11.8. The van der Waals surface area contributed by atoms with Gasteiger partial charge in [-0.1, -0.05) is 48.9 Å². The van der Waals surface area contributed by atoms with Crippen molar-refractivity contribution in [2.24, 2.45) is 0 Å². The number of aromatic nitrogens is 4. The van der Waals surface area contributed by atoms with Gasteiger partial charge in [-0.25, -0.2) is 9.48 Å². The molecule has 2 heterocycles. The van der Waals surface area contributed by atoms with Crippen molar-refractivity contribution < 1.29 is 9.90 Å². The fraction of sp³-hybridized carbons (Fsp3) is 0.440. The van der Waals surface area contributed by atoms with Crippen LogP contribution < -0.4 is 0 Å². The summed E-state index contributed by atoms with van der Waals surface area (Å²) in [5.74, 6) is -0.128. The summed E-state index contributed by atoms with van der Waals surface area (Å²) in [6, 6.07) is 18.0. The zero-order valence-corrected chi connectivity index (χ0v) is 18.8. The predicted octanol–water partition coefficient (Wildman–Crippen LogP) is 3.07. The summed E-state index contributed by atoms with van der Waals surface area (Å²) >= 11 is 0. The maximum absolute atomic E-state index is 11.4. The summed E-state index contributed by atoms with van der Waals surface area (Å²) in [6.07, 6.45) is 5.07. The minimum absolute atomic E-state index is 0.132. The molecule has 0 amide bonds. The minimum atomic E-state index is -0.919. The summed E-state index contributed by atoms with van der Waals surface area (Å²) < 4.78 is 1.87. The molecule has 0 spiro atoms. The zero-order chi connectivity index (χ0) is 22.6. The Morgan fingerprint density at radius 2 is 1.76 bits per heavy atom. The predicted molar refractivity (Wildman–Crippen MR) is 124 cm³/mol. The molecule has 2 aliphatic rings. The molecule has 0 radical (unpaired) electrons. The molecule has 8 heteroatoms. The quantitative estimate of drug-likeness (QED) is 0.597. The van der Waals surface area contributed by atoms with E-state index in [9.17, 15) is 9.90 Å². The van der Waals surface area contributed by atoms with Crippen molar-refractivity contribution >= 4 is 5.97 Å². The highest BCUT2D eigenvalue weighted by molar-refractivity contribution is 5.87. The van der Waals surface area contributed by atoms with Gasteiger partial charge >= 0.3 is 5.97 Å². The summed E-state index contributed by atoms with van der Waals surface area (Å²) in [4.78, 5) is 16.5. The second-order valence-corrected chi connectivity index (χ2v) is 9.02. The molecule has 1 N–H and O–H groups in total. The van der Waals surface area contributed by atoms with E-state index in [1.165, 1.54) is 19.3 Å². The first-order chi connectivity index (χ1) is 16.2. The van der Waals surface area contributed by atoms with Crippen LogP contribution in [0.2, 0.25) is 0 Å². The van der Waals surface area contributed by atoms with Crippen molar-refractivity contribution in [1.82, 2.24) is 30.0 Å². The number of nitrogens with zero attached hydrogens (tertiary/aromatic N) is 6. The average Bonchev–Trinajstić information content (AvgIpc) is 3.11. The normalized spacial score (nSPS) is 19.0. The van der Waals surface area contributed by atoms with Gasteiger partial charge in [0.05, 0.1) is 18.2 Å². The molecule has 2 fully saturated rings. The SMILES string of the molecule is O=C(O)c1ccc(C(c2nnnn2Cc2ccccc2)N2CCCN(C3CCC3)CC2)cc1. The van der Waals surface area contributed by atoms with Crippen LogP contribution in [0.4, 0.5) is 0 Å². The second kappa shape index (κ2) is 9.80. The lowest BCUT2D eigenvalue weighted by atomic mass is 9.91. The molecule has 2 aromatic carbocycles. The number of rotatable bonds is 7. The van der Waals surface area contributed by atoms with Crippen LogP contribution in [-0.2, 0) is 6.54 Å². The topological polar surface area (TPSA) is 87.4 Å². The van der Waals surface area contributed by atoms with E-state index in [4.69, 9.17) is 0 Å². The smallest absolute Gasteiger partial charge is 0.335 e. The lowest BCUT2D eigenvalue weighted by Gasteiger charge is -2.37. The van der Waals surface area contributed by atoms with Crippen molar-refractivity contribution in [3.05, 3.63) is 77.1 Å². The van der Waals surface area contributed by atoms with Crippen LogP contribution in [0, 0.1) is 0 Å². The molecule has 1 atom stereocenters. The molecule has 33 heavy (non-hydrogen) atoms. The van der Waals surface area contributed by atoms with Crippen LogP contribution in [0.15, 0.2) is 54.6 Å². The Labute approximate surface area is 193 Å². The van der Waals surface area contributed by atoms with Gasteiger partial charge in [0.25, 0.3) is 0 Å². The third-order valence-electron chi connectivity index (χ3n) is 6.97. The summed E-state index contributed by atoms with van der Waals surface area (Å²) in [6.45, 7) is 4.64. The van der Waals surface area contributed by atoms with Gasteiger partial charge in [0, 0.05) is 25.7 Å². The highest BCUT2D eigenvalue weighted by Crippen LogP contribution is 2.31. The van der Waals surface area contributed by atoms with Gasteiger partial charge in [-0.3, -0.25) is 9.80 Å². The number of hydrogen-bond acceptors (Lipinski definition) is 6. The Bertz CT molecular complexity index is 1060. The van der Waals surface area contributed by atoms with E-state index in [0.29, 0.717) is 6.54 Å². The van der Waals surface area contributed by atoms with Crippen LogP contribution in [0.3, 0.4) is 0 Å². The van der Waals surface area contributed by atoms with Crippen LogP contribution >= 0.6 is 0 Å². The maximum atomic E-state index is 11.4. The molecule has 1 unspecified atom stereocenters. The van der Waals surface area contributed by atoms with E-state index in [-0.39, 0.29) is 11.6 Å². The third-order valence-corrected chi connectivity index (χ3v) is 6.97. The van der Waals surface area contributed by atoms with Crippen molar-refractivity contribution in [2.75, 3.05) is 26.2 Å². The largest absolute Gasteiger partial charge is 0.478 e. The number of hydrogen-bond donors (Lipinski definition) is 1. The van der Waals surface area contributed by atoms with Gasteiger partial charge in [-0.05, 0) is 59.5 Å². The van der Waals surface area contributed by atoms with Crippen LogP contribution in [-0.4, -0.2) is 73.3 Å². The van der Waals surface area contributed by atoms with E-state index in [1.807, 2.05) is 35.0 Å². The number of aromatic carboxylic acids is 1. The molecular formula is C25H30N6O2. The number of carboxylic acid groups (broad SMARTS) is 1. The molecule has 5 rings (SSSR count). The summed E-state index contributed by atoms with van der Waals surface area (Å²) in [5, 5.41) is 22.2. The van der Waals surface area contributed by atoms with Gasteiger partial charge in [0.1, 0.15) is 0 Å². The van der Waals surface area contributed by atoms with Gasteiger partial charge < -0.3 is 5.11 Å². The van der Waals surface area contributed by atoms with Gasteiger partial charge in [-0.15, -0.1) is 5.10 Å². The molecule has 1 aromatic heterocycles. The van der Waals surface area contributed by atoms with Crippen molar-refractivity contribution in [1.29, 1.82) is 0 Å². The molecule has 0 bridgehead atoms. The van der Waals surface area contributed by atoms with Crippen molar-refractivity contribution in [3.8, 4) is 0 Å². The molecule has 3 aromatic rings. The summed E-state index contributed by atoms with van der Waals surface area (Å²) in [5.41, 5.74) is 2.44. The zero-order valence-electron chi connectivity index (χ0n) is 18.8. The van der Waals surface area contributed by atoms with E-state index < -0.39 is 5.97 Å². The molecule has 1 aliphatic heterocycles. The Morgan fingerprint density at radius 3 is 2.45 bits per heavy atom. The fourth-order valence-corrected chi connectivity index (χ4v) is 4.94. The lowest BCUT2D eigenvalue weighted by molar-refractivity contribution is 0.0697. The minimum Gasteiger partial charge on any atom is -0.478 e. The van der Waals surface area contributed by atoms with Gasteiger partial charge in [-0.2, -0.15) is 0 Å². The number of carbonyl (C=O) groups is 1. The molecule has 172 valence electrons. The van der Waals surface area contributed by atoms with Crippen molar-refractivity contribution in [3.63, 3.8) is 0 Å². The van der Waals surface area contributed by atoms with Gasteiger partial charge in [0.2, 0.25) is 0 Å². The maximum Gasteiger partial charge on any atom is 0.335 e. The van der Waals surface area contributed by atoms with E-state index >= 15 is 0 Å². The van der Waals surface area contributed by atoms with E-state index in [1.54, 1.807) is 12.1 Å². The number of tetrazole rings is 1. The highest BCUT2D eigenvalue weighted by Gasteiger charge is 2.32. The van der Waals surface area contributed by atoms with E-state index in [2.05, 4.69) is 37.5 Å². The Balaban J connectivity index is 1.46. The first kappa shape index (κ1) is 21.7. The molecule has 8 nitrogen and oxygen atoms in total. The van der Waals surface area contributed by atoms with Crippen LogP contribution in [0.5, 0.6) is 0 Å². The fourth-order valence-electron chi connectivity index (χ4n) is 4.94. The van der Waals surface area contributed by atoms with Gasteiger partial charge in [0.15, 0.2) is 5.82 Å². The third kappa shape index (κ3) is 4.82. The van der Waals surface area contributed by atoms with Crippen molar-refractivity contribution in [2.45, 2.75) is 44.3 Å². The number of benzene rings is 2.